The molecule has 0 N–H and O–H groups in total. The molecule has 0 spiro atoms. The van der Waals surface area contributed by atoms with Crippen molar-refractivity contribution in [1.29, 1.82) is 0 Å². The van der Waals surface area contributed by atoms with E-state index in [0.29, 0.717) is 31.5 Å². The highest BCUT2D eigenvalue weighted by Crippen LogP contribution is 2.32. The molecule has 0 saturated carbocycles. The van der Waals surface area contributed by atoms with E-state index in [2.05, 4.69) is 25.0 Å². The van der Waals surface area contributed by atoms with Crippen molar-refractivity contribution in [1.82, 2.24) is 14.7 Å². The number of aromatic nitrogens is 2. The molecule has 1 aliphatic rings. The normalized spacial score (nSPS) is 15.4. The van der Waals surface area contributed by atoms with Crippen LogP contribution >= 0.6 is 0 Å². The highest BCUT2D eigenvalue weighted by Gasteiger charge is 2.34. The fourth-order valence-corrected chi connectivity index (χ4v) is 3.19. The van der Waals surface area contributed by atoms with Crippen LogP contribution < -0.4 is 4.74 Å². The molecule has 1 aromatic heterocycles. The Morgan fingerprint density at radius 3 is 2.62 bits per heavy atom. The third-order valence-electron chi connectivity index (χ3n) is 4.49. The first-order chi connectivity index (χ1) is 12.1. The maximum Gasteiger partial charge on any atom is 0.410 e. The Kier molecular flexibility index (Phi) is 4.86. The lowest BCUT2D eigenvalue weighted by Crippen LogP contribution is -2.53. The fourth-order valence-electron chi connectivity index (χ4n) is 3.19. The van der Waals surface area contributed by atoms with Crippen LogP contribution in [0, 0.1) is 5.92 Å². The SMILES string of the molecule is CC(C)c1ccc(OCC2CN(C(=O)OC(C)(C)C)C2)c2nn(C)cc12. The van der Waals surface area contributed by atoms with Gasteiger partial charge in [0.1, 0.15) is 16.9 Å². The number of amides is 1. The molecule has 1 saturated heterocycles. The number of hydrogen-bond acceptors (Lipinski definition) is 4. The minimum Gasteiger partial charge on any atom is -0.491 e. The molecule has 1 aliphatic heterocycles. The van der Waals surface area contributed by atoms with Crippen LogP contribution in [0.4, 0.5) is 4.79 Å². The van der Waals surface area contributed by atoms with Crippen molar-refractivity contribution in [3.8, 4) is 5.75 Å². The minimum absolute atomic E-state index is 0.248. The molecule has 1 aromatic carbocycles. The van der Waals surface area contributed by atoms with Crippen LogP contribution in [0.25, 0.3) is 10.9 Å². The van der Waals surface area contributed by atoms with E-state index in [-0.39, 0.29) is 6.09 Å². The summed E-state index contributed by atoms with van der Waals surface area (Å²) < 4.78 is 13.3. The third-order valence-corrected chi connectivity index (χ3v) is 4.49. The van der Waals surface area contributed by atoms with E-state index in [1.165, 1.54) is 5.56 Å². The molecule has 3 rings (SSSR count). The number of rotatable bonds is 4. The topological polar surface area (TPSA) is 56.6 Å². The Balaban J connectivity index is 1.60. The number of benzene rings is 1. The van der Waals surface area contributed by atoms with Gasteiger partial charge < -0.3 is 14.4 Å². The summed E-state index contributed by atoms with van der Waals surface area (Å²) in [7, 11) is 1.93. The lowest BCUT2D eigenvalue weighted by atomic mass is 9.99. The van der Waals surface area contributed by atoms with E-state index in [9.17, 15) is 4.79 Å². The lowest BCUT2D eigenvalue weighted by Gasteiger charge is -2.39. The molecule has 2 heterocycles. The first-order valence-corrected chi connectivity index (χ1v) is 9.21. The maximum atomic E-state index is 12.0. The number of ether oxygens (including phenoxy) is 2. The number of likely N-dealkylation sites (tertiary alicyclic amines) is 1. The smallest absolute Gasteiger partial charge is 0.410 e. The second-order valence-electron chi connectivity index (χ2n) is 8.44. The second-order valence-corrected chi connectivity index (χ2v) is 8.44. The fraction of sp³-hybridized carbons (Fsp3) is 0.600. The predicted molar refractivity (Wildman–Crippen MR) is 102 cm³/mol. The number of nitrogens with zero attached hydrogens (tertiary/aromatic N) is 3. The highest BCUT2D eigenvalue weighted by molar-refractivity contribution is 5.87. The van der Waals surface area contributed by atoms with E-state index in [0.717, 1.165) is 16.7 Å². The molecule has 1 amide bonds. The summed E-state index contributed by atoms with van der Waals surface area (Å²) in [5, 5.41) is 5.71. The number of carbonyl (C=O) groups is 1. The molecule has 6 heteroatoms. The molecule has 0 aliphatic carbocycles. The molecule has 26 heavy (non-hydrogen) atoms. The van der Waals surface area contributed by atoms with Crippen LogP contribution in [-0.2, 0) is 11.8 Å². The Morgan fingerprint density at radius 1 is 1.31 bits per heavy atom. The number of aryl methyl sites for hydroxylation is 1. The molecule has 2 aromatic rings. The molecule has 0 bridgehead atoms. The molecular formula is C20H29N3O3. The van der Waals surface area contributed by atoms with Gasteiger partial charge in [0.15, 0.2) is 0 Å². The maximum absolute atomic E-state index is 12.0. The van der Waals surface area contributed by atoms with Gasteiger partial charge >= 0.3 is 6.09 Å². The lowest BCUT2D eigenvalue weighted by molar-refractivity contribution is -0.00774. The van der Waals surface area contributed by atoms with Crippen molar-refractivity contribution in [3.05, 3.63) is 23.9 Å². The summed E-state index contributed by atoms with van der Waals surface area (Å²) in [6.45, 7) is 11.9. The zero-order valence-corrected chi connectivity index (χ0v) is 16.6. The average molecular weight is 359 g/mol. The van der Waals surface area contributed by atoms with Gasteiger partial charge in [0.25, 0.3) is 0 Å². The van der Waals surface area contributed by atoms with Gasteiger partial charge in [-0.3, -0.25) is 4.68 Å². The van der Waals surface area contributed by atoms with E-state index >= 15 is 0 Å². The zero-order valence-electron chi connectivity index (χ0n) is 16.6. The Hall–Kier alpha value is -2.24. The van der Waals surface area contributed by atoms with E-state index < -0.39 is 5.60 Å². The molecule has 0 radical (unpaired) electrons. The standard InChI is InChI=1S/C20H29N3O3/c1-13(2)15-7-8-17(18-16(15)11-22(6)21-18)25-12-14-9-23(10-14)19(24)26-20(3,4)5/h7-8,11,13-14H,9-10,12H2,1-6H3. The van der Waals surface area contributed by atoms with Crippen molar-refractivity contribution in [2.45, 2.75) is 46.1 Å². The van der Waals surface area contributed by atoms with Crippen LogP contribution in [0.5, 0.6) is 5.75 Å². The zero-order chi connectivity index (χ0) is 19.1. The Bertz CT molecular complexity index is 798. The summed E-state index contributed by atoms with van der Waals surface area (Å²) in [6, 6.07) is 4.13. The summed E-state index contributed by atoms with van der Waals surface area (Å²) in [5.41, 5.74) is 1.73. The average Bonchev–Trinajstić information content (AvgIpc) is 2.84. The largest absolute Gasteiger partial charge is 0.491 e. The van der Waals surface area contributed by atoms with E-state index in [4.69, 9.17) is 9.47 Å². The van der Waals surface area contributed by atoms with Gasteiger partial charge in [0, 0.05) is 37.6 Å². The summed E-state index contributed by atoms with van der Waals surface area (Å²) in [5.74, 6) is 1.57. The van der Waals surface area contributed by atoms with Gasteiger partial charge in [-0.05, 0) is 38.3 Å². The first kappa shape index (κ1) is 18.5. The van der Waals surface area contributed by atoms with Crippen LogP contribution in [-0.4, -0.2) is 46.1 Å². The quantitative estimate of drug-likeness (QED) is 0.830. The molecule has 0 atom stereocenters. The third kappa shape index (κ3) is 3.94. The van der Waals surface area contributed by atoms with Gasteiger partial charge in [-0.2, -0.15) is 5.10 Å². The van der Waals surface area contributed by atoms with E-state index in [1.807, 2.05) is 44.8 Å². The first-order valence-electron chi connectivity index (χ1n) is 9.21. The Morgan fingerprint density at radius 2 is 2.00 bits per heavy atom. The highest BCUT2D eigenvalue weighted by atomic mass is 16.6. The number of carbonyl (C=O) groups excluding carboxylic acids is 1. The van der Waals surface area contributed by atoms with Crippen LogP contribution in [0.15, 0.2) is 18.3 Å². The Labute approximate surface area is 155 Å². The predicted octanol–water partition coefficient (Wildman–Crippen LogP) is 3.94. The molecule has 0 unspecified atom stereocenters. The summed E-state index contributed by atoms with van der Waals surface area (Å²) in [4.78, 5) is 13.7. The van der Waals surface area contributed by atoms with Crippen molar-refractivity contribution < 1.29 is 14.3 Å². The molecule has 1 fully saturated rings. The molecular weight excluding hydrogens is 330 g/mol. The summed E-state index contributed by atoms with van der Waals surface area (Å²) in [6.07, 6.45) is 1.80. The van der Waals surface area contributed by atoms with E-state index in [1.54, 1.807) is 4.90 Å². The minimum atomic E-state index is -0.457. The van der Waals surface area contributed by atoms with Gasteiger partial charge in [-0.15, -0.1) is 0 Å². The number of fused-ring (bicyclic) bond motifs is 1. The van der Waals surface area contributed by atoms with Gasteiger partial charge in [0.05, 0.1) is 6.61 Å². The van der Waals surface area contributed by atoms with Crippen molar-refractivity contribution >= 4 is 17.0 Å². The van der Waals surface area contributed by atoms with Gasteiger partial charge in [0.2, 0.25) is 0 Å². The van der Waals surface area contributed by atoms with Gasteiger partial charge in [-0.25, -0.2) is 4.79 Å². The molecule has 6 nitrogen and oxygen atoms in total. The van der Waals surface area contributed by atoms with Crippen LogP contribution in [0.3, 0.4) is 0 Å². The van der Waals surface area contributed by atoms with Crippen LogP contribution in [0.2, 0.25) is 0 Å². The van der Waals surface area contributed by atoms with Crippen molar-refractivity contribution in [2.24, 2.45) is 13.0 Å². The molecule has 142 valence electrons. The summed E-state index contributed by atoms with van der Waals surface area (Å²) >= 11 is 0. The van der Waals surface area contributed by atoms with Crippen molar-refractivity contribution in [3.63, 3.8) is 0 Å². The van der Waals surface area contributed by atoms with Crippen molar-refractivity contribution in [2.75, 3.05) is 19.7 Å². The number of hydrogen-bond donors (Lipinski definition) is 0. The monoisotopic (exact) mass is 359 g/mol. The van der Waals surface area contributed by atoms with Crippen LogP contribution in [0.1, 0.15) is 46.1 Å². The second kappa shape index (κ2) is 6.82. The van der Waals surface area contributed by atoms with Gasteiger partial charge in [-0.1, -0.05) is 19.9 Å².